The fourth-order valence-corrected chi connectivity index (χ4v) is 4.18. The molecule has 4 rings (SSSR count). The van der Waals surface area contributed by atoms with Gasteiger partial charge in [0.25, 0.3) is 0 Å². The Kier molecular flexibility index (Phi) is 5.88. The predicted octanol–water partition coefficient (Wildman–Crippen LogP) is 1.27. The molecule has 2 aliphatic rings. The third-order valence-corrected chi connectivity index (χ3v) is 6.13. The maximum absolute atomic E-state index is 12.7. The summed E-state index contributed by atoms with van der Waals surface area (Å²) < 4.78 is 6.91. The average molecular weight is 425 g/mol. The summed E-state index contributed by atoms with van der Waals surface area (Å²) in [6.07, 6.45) is 4.94. The standard InChI is InChI=1S/C22H27N5O4/c1-25-15-23-20(24-25)18-5-3-16(4-6-18)17-7-10-27(11-8-17)19(28)13-26-12-9-22(14-26,31-2)21(29)30/h3-7,15H,8-14H2,1-2H3,(H,29,30). The molecule has 1 fully saturated rings. The molecular weight excluding hydrogens is 398 g/mol. The van der Waals surface area contributed by atoms with Crippen LogP contribution in [0.3, 0.4) is 0 Å². The number of aryl methyl sites for hydroxylation is 1. The first kappa shape index (κ1) is 21.2. The highest BCUT2D eigenvalue weighted by Gasteiger charge is 2.45. The molecule has 0 spiro atoms. The van der Waals surface area contributed by atoms with E-state index in [4.69, 9.17) is 4.74 Å². The number of benzene rings is 1. The number of hydrogen-bond donors (Lipinski definition) is 1. The van der Waals surface area contributed by atoms with Crippen LogP contribution in [0.1, 0.15) is 18.4 Å². The summed E-state index contributed by atoms with van der Waals surface area (Å²) >= 11 is 0. The van der Waals surface area contributed by atoms with E-state index in [9.17, 15) is 14.7 Å². The van der Waals surface area contributed by atoms with Crippen LogP contribution in [0.2, 0.25) is 0 Å². The van der Waals surface area contributed by atoms with Crippen molar-refractivity contribution in [2.45, 2.75) is 18.4 Å². The normalized spacial score (nSPS) is 21.9. The van der Waals surface area contributed by atoms with E-state index in [2.05, 4.69) is 28.3 Å². The van der Waals surface area contributed by atoms with E-state index in [1.807, 2.05) is 29.0 Å². The van der Waals surface area contributed by atoms with Gasteiger partial charge in [-0.2, -0.15) is 5.10 Å². The van der Waals surface area contributed by atoms with Crippen molar-refractivity contribution in [1.29, 1.82) is 0 Å². The van der Waals surface area contributed by atoms with E-state index in [1.165, 1.54) is 12.7 Å². The summed E-state index contributed by atoms with van der Waals surface area (Å²) in [6, 6.07) is 8.16. The Morgan fingerprint density at radius 1 is 1.19 bits per heavy atom. The van der Waals surface area contributed by atoms with Crippen molar-refractivity contribution >= 4 is 17.4 Å². The molecule has 0 radical (unpaired) electrons. The molecule has 1 unspecified atom stereocenters. The van der Waals surface area contributed by atoms with Gasteiger partial charge in [0.1, 0.15) is 6.33 Å². The second kappa shape index (κ2) is 8.60. The first-order chi connectivity index (χ1) is 14.9. The maximum Gasteiger partial charge on any atom is 0.337 e. The van der Waals surface area contributed by atoms with Crippen LogP contribution >= 0.6 is 0 Å². The van der Waals surface area contributed by atoms with Crippen LogP contribution in [0.4, 0.5) is 0 Å². The van der Waals surface area contributed by atoms with Gasteiger partial charge >= 0.3 is 5.97 Å². The van der Waals surface area contributed by atoms with Gasteiger partial charge in [0, 0.05) is 52.3 Å². The number of carboxylic acid groups (broad SMARTS) is 1. The number of ether oxygens (including phenoxy) is 1. The van der Waals surface area contributed by atoms with Crippen LogP contribution in [0.5, 0.6) is 0 Å². The SMILES string of the molecule is COC1(C(=O)O)CCN(CC(=O)N2CC=C(c3ccc(-c4ncn(C)n4)cc3)CC2)C1. The van der Waals surface area contributed by atoms with Gasteiger partial charge in [-0.05, 0) is 17.6 Å². The molecule has 1 aromatic heterocycles. The number of carboxylic acids is 1. The van der Waals surface area contributed by atoms with Crippen LogP contribution in [0, 0.1) is 0 Å². The summed E-state index contributed by atoms with van der Waals surface area (Å²) in [4.78, 5) is 32.2. The maximum atomic E-state index is 12.7. The highest BCUT2D eigenvalue weighted by atomic mass is 16.5. The molecule has 2 aliphatic heterocycles. The van der Waals surface area contributed by atoms with Crippen molar-refractivity contribution in [3.05, 3.63) is 42.2 Å². The molecule has 0 saturated carbocycles. The van der Waals surface area contributed by atoms with Crippen LogP contribution in [0.25, 0.3) is 17.0 Å². The van der Waals surface area contributed by atoms with E-state index in [0.29, 0.717) is 31.9 Å². The lowest BCUT2D eigenvalue weighted by Gasteiger charge is -2.29. The smallest absolute Gasteiger partial charge is 0.337 e. The highest BCUT2D eigenvalue weighted by Crippen LogP contribution is 2.27. The third kappa shape index (κ3) is 4.38. The van der Waals surface area contributed by atoms with Crippen LogP contribution < -0.4 is 0 Å². The molecule has 1 aromatic carbocycles. The molecule has 0 aliphatic carbocycles. The van der Waals surface area contributed by atoms with Crippen molar-refractivity contribution in [3.8, 4) is 11.4 Å². The number of carbonyl (C=O) groups excluding carboxylic acids is 1. The minimum atomic E-state index is -1.20. The minimum absolute atomic E-state index is 0.0177. The fraction of sp³-hybridized carbons (Fsp3) is 0.455. The van der Waals surface area contributed by atoms with Gasteiger partial charge in [0.05, 0.1) is 6.54 Å². The molecule has 1 atom stereocenters. The zero-order valence-corrected chi connectivity index (χ0v) is 17.8. The predicted molar refractivity (Wildman–Crippen MR) is 114 cm³/mol. The molecule has 0 bridgehead atoms. The molecular formula is C22H27N5O4. The first-order valence-corrected chi connectivity index (χ1v) is 10.3. The number of hydrogen-bond acceptors (Lipinski definition) is 6. The molecule has 2 aromatic rings. The Morgan fingerprint density at radius 2 is 1.94 bits per heavy atom. The number of amides is 1. The van der Waals surface area contributed by atoms with E-state index in [0.717, 1.165) is 17.5 Å². The zero-order chi connectivity index (χ0) is 22.0. The summed E-state index contributed by atoms with van der Waals surface area (Å²) in [5.74, 6) is -0.254. The molecule has 9 heteroatoms. The Balaban J connectivity index is 1.34. The quantitative estimate of drug-likeness (QED) is 0.744. The van der Waals surface area contributed by atoms with E-state index < -0.39 is 11.6 Å². The highest BCUT2D eigenvalue weighted by molar-refractivity contribution is 5.81. The molecule has 1 saturated heterocycles. The minimum Gasteiger partial charge on any atom is -0.479 e. The van der Waals surface area contributed by atoms with E-state index in [-0.39, 0.29) is 19.0 Å². The Labute approximate surface area is 180 Å². The first-order valence-electron chi connectivity index (χ1n) is 10.3. The number of likely N-dealkylation sites (tertiary alicyclic amines) is 1. The van der Waals surface area contributed by atoms with E-state index >= 15 is 0 Å². The Bertz CT molecular complexity index is 1000. The summed E-state index contributed by atoms with van der Waals surface area (Å²) in [6.45, 7) is 2.19. The summed E-state index contributed by atoms with van der Waals surface area (Å²) in [7, 11) is 3.25. The Morgan fingerprint density at radius 3 is 2.48 bits per heavy atom. The molecule has 9 nitrogen and oxygen atoms in total. The lowest BCUT2D eigenvalue weighted by atomic mass is 9.98. The van der Waals surface area contributed by atoms with E-state index in [1.54, 1.807) is 11.0 Å². The topological polar surface area (TPSA) is 101 Å². The van der Waals surface area contributed by atoms with Crippen LogP contribution in [0.15, 0.2) is 36.7 Å². The van der Waals surface area contributed by atoms with Gasteiger partial charge in [-0.1, -0.05) is 30.3 Å². The van der Waals surface area contributed by atoms with Crippen molar-refractivity contribution in [3.63, 3.8) is 0 Å². The number of carbonyl (C=O) groups is 2. The average Bonchev–Trinajstić information content (AvgIpc) is 3.41. The molecule has 31 heavy (non-hydrogen) atoms. The van der Waals surface area contributed by atoms with Crippen LogP contribution in [-0.2, 0) is 21.4 Å². The second-order valence-electron chi connectivity index (χ2n) is 8.10. The number of nitrogens with zero attached hydrogens (tertiary/aromatic N) is 5. The molecule has 1 amide bonds. The van der Waals surface area contributed by atoms with Crippen LogP contribution in [-0.4, -0.2) is 87.0 Å². The second-order valence-corrected chi connectivity index (χ2v) is 8.10. The fourth-order valence-electron chi connectivity index (χ4n) is 4.18. The number of aromatic nitrogens is 3. The lowest BCUT2D eigenvalue weighted by molar-refractivity contribution is -0.160. The largest absolute Gasteiger partial charge is 0.479 e. The lowest BCUT2D eigenvalue weighted by Crippen LogP contribution is -2.46. The summed E-state index contributed by atoms with van der Waals surface area (Å²) in [5, 5.41) is 13.7. The summed E-state index contributed by atoms with van der Waals surface area (Å²) in [5.41, 5.74) is 2.12. The Hall–Kier alpha value is -3.04. The number of methoxy groups -OCH3 is 1. The van der Waals surface area contributed by atoms with Crippen molar-refractivity contribution in [2.24, 2.45) is 7.05 Å². The molecule has 3 heterocycles. The van der Waals surface area contributed by atoms with Gasteiger partial charge < -0.3 is 14.7 Å². The van der Waals surface area contributed by atoms with Crippen molar-refractivity contribution in [1.82, 2.24) is 24.6 Å². The zero-order valence-electron chi connectivity index (χ0n) is 17.8. The molecule has 1 N–H and O–H groups in total. The van der Waals surface area contributed by atoms with Crippen molar-refractivity contribution < 1.29 is 19.4 Å². The van der Waals surface area contributed by atoms with Gasteiger partial charge in [-0.15, -0.1) is 0 Å². The third-order valence-electron chi connectivity index (χ3n) is 6.13. The monoisotopic (exact) mass is 425 g/mol. The number of rotatable bonds is 6. The number of aliphatic carboxylic acids is 1. The van der Waals surface area contributed by atoms with Gasteiger partial charge in [0.15, 0.2) is 11.4 Å². The van der Waals surface area contributed by atoms with Gasteiger partial charge in [-0.25, -0.2) is 9.78 Å². The molecule has 164 valence electrons. The van der Waals surface area contributed by atoms with Crippen molar-refractivity contribution in [2.75, 3.05) is 39.8 Å². The van der Waals surface area contributed by atoms with Gasteiger partial charge in [0.2, 0.25) is 5.91 Å². The van der Waals surface area contributed by atoms with Gasteiger partial charge in [-0.3, -0.25) is 14.4 Å².